The van der Waals surface area contributed by atoms with Gasteiger partial charge < -0.3 is 16.0 Å². The maximum absolute atomic E-state index is 13.9. The summed E-state index contributed by atoms with van der Waals surface area (Å²) in [6, 6.07) is 12.9. The topological polar surface area (TPSA) is 92.8 Å². The van der Waals surface area contributed by atoms with Gasteiger partial charge in [0, 0.05) is 42.8 Å². The molecule has 1 saturated heterocycles. The van der Waals surface area contributed by atoms with Crippen LogP contribution in [0.25, 0.3) is 22.3 Å². The van der Waals surface area contributed by atoms with Crippen LogP contribution in [-0.2, 0) is 6.18 Å². The third-order valence-electron chi connectivity index (χ3n) is 5.71. The number of rotatable bonds is 4. The largest absolute Gasteiger partial charge is 0.418 e. The Balaban J connectivity index is 1.64. The second-order valence-corrected chi connectivity index (χ2v) is 8.22. The number of para-hydroxylation sites is 1. The number of piperidine rings is 1. The highest BCUT2D eigenvalue weighted by molar-refractivity contribution is 5.94. The zero-order valence-electron chi connectivity index (χ0n) is 18.1. The summed E-state index contributed by atoms with van der Waals surface area (Å²) >= 11 is 0. The van der Waals surface area contributed by atoms with Gasteiger partial charge in [0.25, 0.3) is 0 Å². The Bertz CT molecular complexity index is 1310. The average molecular weight is 465 g/mol. The number of halogens is 3. The molecule has 5 rings (SSSR count). The molecule has 3 N–H and O–H groups in total. The van der Waals surface area contributed by atoms with Gasteiger partial charge in [0.2, 0.25) is 0 Å². The summed E-state index contributed by atoms with van der Waals surface area (Å²) < 4.78 is 41.6. The molecule has 4 aromatic rings. The van der Waals surface area contributed by atoms with Crippen molar-refractivity contribution in [1.82, 2.24) is 19.9 Å². The van der Waals surface area contributed by atoms with Gasteiger partial charge in [0.05, 0.1) is 22.7 Å². The zero-order valence-corrected chi connectivity index (χ0v) is 18.1. The van der Waals surface area contributed by atoms with Crippen LogP contribution in [-0.4, -0.2) is 39.1 Å². The molecule has 174 valence electrons. The van der Waals surface area contributed by atoms with Crippen molar-refractivity contribution in [2.45, 2.75) is 25.1 Å². The summed E-state index contributed by atoms with van der Waals surface area (Å²) in [7, 11) is 0. The SMILES string of the molecule is N[C@H]1CCCN(c2nc(-c3ccnc(Nc4ccccc4)c3)nc3cncc(C(F)(F)F)c23)C1. The van der Waals surface area contributed by atoms with Gasteiger partial charge in [0.15, 0.2) is 5.82 Å². The first-order chi connectivity index (χ1) is 16.4. The van der Waals surface area contributed by atoms with Crippen LogP contribution in [0.4, 0.5) is 30.5 Å². The van der Waals surface area contributed by atoms with Crippen molar-refractivity contribution in [2.24, 2.45) is 5.73 Å². The van der Waals surface area contributed by atoms with Crippen LogP contribution in [0.15, 0.2) is 61.1 Å². The maximum atomic E-state index is 13.9. The molecule has 0 spiro atoms. The predicted octanol–water partition coefficient (Wildman–Crippen LogP) is 4.78. The van der Waals surface area contributed by atoms with Crippen LogP contribution in [0.5, 0.6) is 0 Å². The lowest BCUT2D eigenvalue weighted by Crippen LogP contribution is -2.43. The van der Waals surface area contributed by atoms with E-state index >= 15 is 0 Å². The lowest BCUT2D eigenvalue weighted by atomic mass is 10.0. The smallest absolute Gasteiger partial charge is 0.354 e. The number of nitrogens with one attached hydrogen (secondary N) is 1. The highest BCUT2D eigenvalue weighted by atomic mass is 19.4. The third-order valence-corrected chi connectivity index (χ3v) is 5.71. The molecule has 1 aliphatic rings. The van der Waals surface area contributed by atoms with E-state index in [4.69, 9.17) is 5.73 Å². The molecule has 4 heterocycles. The first-order valence-electron chi connectivity index (χ1n) is 10.9. The quantitative estimate of drug-likeness (QED) is 0.448. The number of nitrogens with two attached hydrogens (primary N) is 1. The molecule has 3 aromatic heterocycles. The molecule has 1 fully saturated rings. The summed E-state index contributed by atoms with van der Waals surface area (Å²) in [5, 5.41) is 3.15. The second kappa shape index (κ2) is 8.86. The normalized spacial score (nSPS) is 16.6. The van der Waals surface area contributed by atoms with Crippen LogP contribution >= 0.6 is 0 Å². The van der Waals surface area contributed by atoms with Crippen molar-refractivity contribution in [3.63, 3.8) is 0 Å². The van der Waals surface area contributed by atoms with Crippen molar-refractivity contribution in [1.29, 1.82) is 0 Å². The molecule has 7 nitrogen and oxygen atoms in total. The minimum absolute atomic E-state index is 0.0583. The van der Waals surface area contributed by atoms with Crippen LogP contribution < -0.4 is 16.0 Å². The van der Waals surface area contributed by atoms with Gasteiger partial charge >= 0.3 is 6.18 Å². The number of nitrogens with zero attached hydrogens (tertiary/aromatic N) is 5. The Morgan fingerprint density at radius 3 is 2.65 bits per heavy atom. The monoisotopic (exact) mass is 465 g/mol. The minimum Gasteiger partial charge on any atom is -0.354 e. The number of aromatic nitrogens is 4. The summed E-state index contributed by atoms with van der Waals surface area (Å²) in [5.74, 6) is 1.08. The highest BCUT2D eigenvalue weighted by Gasteiger charge is 2.36. The average Bonchev–Trinajstić information content (AvgIpc) is 2.83. The zero-order chi connectivity index (χ0) is 23.7. The third kappa shape index (κ3) is 4.49. The Hall–Kier alpha value is -3.79. The number of hydrogen-bond donors (Lipinski definition) is 2. The molecular formula is C24H22F3N7. The molecule has 1 aromatic carbocycles. The Labute approximate surface area is 193 Å². The van der Waals surface area contributed by atoms with Crippen LogP contribution in [0.1, 0.15) is 18.4 Å². The van der Waals surface area contributed by atoms with Crippen molar-refractivity contribution in [2.75, 3.05) is 23.3 Å². The van der Waals surface area contributed by atoms with E-state index in [-0.39, 0.29) is 22.8 Å². The second-order valence-electron chi connectivity index (χ2n) is 8.22. The van der Waals surface area contributed by atoms with Gasteiger partial charge in [-0.2, -0.15) is 13.2 Å². The fourth-order valence-corrected chi connectivity index (χ4v) is 4.15. The van der Waals surface area contributed by atoms with E-state index in [1.807, 2.05) is 35.2 Å². The Kier molecular flexibility index (Phi) is 5.74. The standard InChI is InChI=1S/C24H22F3N7/c25-24(26,27)18-12-29-13-19-21(18)23(34-10-4-5-16(28)14-34)33-22(32-19)15-8-9-30-20(11-15)31-17-6-2-1-3-7-17/h1-3,6-9,11-13,16H,4-5,10,14,28H2,(H,30,31)/t16-/m0/s1. The summed E-state index contributed by atoms with van der Waals surface area (Å²) in [6.07, 6.45) is 0.775. The highest BCUT2D eigenvalue weighted by Crippen LogP contribution is 2.39. The van der Waals surface area contributed by atoms with Crippen molar-refractivity contribution in [3.05, 3.63) is 66.6 Å². The van der Waals surface area contributed by atoms with E-state index in [1.54, 1.807) is 18.3 Å². The number of fused-ring (bicyclic) bond motifs is 1. The lowest BCUT2D eigenvalue weighted by Gasteiger charge is -2.33. The molecule has 1 aliphatic heterocycles. The predicted molar refractivity (Wildman–Crippen MR) is 125 cm³/mol. The molecule has 0 radical (unpaired) electrons. The molecule has 0 saturated carbocycles. The van der Waals surface area contributed by atoms with Crippen molar-refractivity contribution < 1.29 is 13.2 Å². The fraction of sp³-hybridized carbons (Fsp3) is 0.250. The number of pyridine rings is 2. The van der Waals surface area contributed by atoms with Gasteiger partial charge in [-0.1, -0.05) is 18.2 Å². The summed E-state index contributed by atoms with van der Waals surface area (Å²) in [4.78, 5) is 19.1. The molecule has 0 bridgehead atoms. The van der Waals surface area contributed by atoms with Crippen LogP contribution in [0.2, 0.25) is 0 Å². The fourth-order valence-electron chi connectivity index (χ4n) is 4.15. The Morgan fingerprint density at radius 1 is 1.06 bits per heavy atom. The van der Waals surface area contributed by atoms with Crippen molar-refractivity contribution in [3.8, 4) is 11.4 Å². The number of alkyl halides is 3. The molecule has 0 unspecified atom stereocenters. The molecule has 0 amide bonds. The molecule has 0 aliphatic carbocycles. The van der Waals surface area contributed by atoms with Gasteiger partial charge in [-0.05, 0) is 37.1 Å². The van der Waals surface area contributed by atoms with Gasteiger partial charge in [-0.15, -0.1) is 0 Å². The number of benzene rings is 1. The van der Waals surface area contributed by atoms with E-state index in [0.29, 0.717) is 30.3 Å². The van der Waals surface area contributed by atoms with Gasteiger partial charge in [-0.3, -0.25) is 4.98 Å². The molecule has 10 heteroatoms. The molecule has 34 heavy (non-hydrogen) atoms. The van der Waals surface area contributed by atoms with E-state index < -0.39 is 11.7 Å². The van der Waals surface area contributed by atoms with Gasteiger partial charge in [-0.25, -0.2) is 15.0 Å². The van der Waals surface area contributed by atoms with E-state index in [2.05, 4.69) is 25.3 Å². The maximum Gasteiger partial charge on any atom is 0.418 e. The number of anilines is 3. The minimum atomic E-state index is -4.59. The number of hydrogen-bond acceptors (Lipinski definition) is 7. The lowest BCUT2D eigenvalue weighted by molar-refractivity contribution is -0.136. The van der Waals surface area contributed by atoms with Crippen molar-refractivity contribution >= 4 is 28.2 Å². The van der Waals surface area contributed by atoms with E-state index in [9.17, 15) is 13.2 Å². The summed E-state index contributed by atoms with van der Waals surface area (Å²) in [5.41, 5.74) is 6.89. The van der Waals surface area contributed by atoms with E-state index in [0.717, 1.165) is 24.7 Å². The Morgan fingerprint density at radius 2 is 1.88 bits per heavy atom. The first kappa shape index (κ1) is 22.0. The molecule has 1 atom stereocenters. The van der Waals surface area contributed by atoms with E-state index in [1.165, 1.54) is 6.20 Å². The first-order valence-corrected chi connectivity index (χ1v) is 10.9. The van der Waals surface area contributed by atoms with Gasteiger partial charge in [0.1, 0.15) is 11.6 Å². The summed E-state index contributed by atoms with van der Waals surface area (Å²) in [6.45, 7) is 0.984. The molecular weight excluding hydrogens is 443 g/mol. The van der Waals surface area contributed by atoms with Crippen LogP contribution in [0, 0.1) is 0 Å². The van der Waals surface area contributed by atoms with Crippen LogP contribution in [0.3, 0.4) is 0 Å².